The van der Waals surface area contributed by atoms with Crippen LogP contribution >= 0.6 is 0 Å². The van der Waals surface area contributed by atoms with Gasteiger partial charge >= 0.3 is 0 Å². The predicted octanol–water partition coefficient (Wildman–Crippen LogP) is 1.51. The summed E-state index contributed by atoms with van der Waals surface area (Å²) in [4.78, 5) is 15.5. The number of piperidine rings is 1. The largest absolute Gasteiger partial charge is 0.485 e. The van der Waals surface area contributed by atoms with Gasteiger partial charge in [0.2, 0.25) is 11.7 Å². The van der Waals surface area contributed by atoms with Crippen molar-refractivity contribution in [3.05, 3.63) is 36.2 Å². The zero-order chi connectivity index (χ0) is 16.1. The summed E-state index contributed by atoms with van der Waals surface area (Å²) >= 11 is 0. The van der Waals surface area contributed by atoms with Crippen molar-refractivity contribution in [1.29, 1.82) is 0 Å². The molecule has 0 aliphatic carbocycles. The average molecular weight is 315 g/mol. The van der Waals surface area contributed by atoms with E-state index in [1.807, 2.05) is 35.2 Å². The lowest BCUT2D eigenvalue weighted by Gasteiger charge is -2.30. The standard InChI is InChI=1S/C16H21N5O2/c1-13-6-5-9-20(10-13)16(22)11-21-18-15(17-19-21)12-23-14-7-3-2-4-8-14/h2-4,7-8,13H,5-6,9-12H2,1H3/t13-/m0/s1. The number of hydrogen-bond donors (Lipinski definition) is 0. The van der Waals surface area contributed by atoms with Gasteiger partial charge in [0, 0.05) is 13.1 Å². The molecule has 0 radical (unpaired) electrons. The molecule has 1 aliphatic rings. The fraction of sp³-hybridized carbons (Fsp3) is 0.500. The highest BCUT2D eigenvalue weighted by Crippen LogP contribution is 2.15. The Morgan fingerprint density at radius 2 is 2.17 bits per heavy atom. The van der Waals surface area contributed by atoms with Crippen molar-refractivity contribution in [2.75, 3.05) is 13.1 Å². The van der Waals surface area contributed by atoms with Gasteiger partial charge in [-0.25, -0.2) is 0 Å². The summed E-state index contributed by atoms with van der Waals surface area (Å²) < 4.78 is 5.57. The summed E-state index contributed by atoms with van der Waals surface area (Å²) in [6.45, 7) is 4.18. The highest BCUT2D eigenvalue weighted by molar-refractivity contribution is 5.75. The van der Waals surface area contributed by atoms with Gasteiger partial charge in [-0.1, -0.05) is 25.1 Å². The van der Waals surface area contributed by atoms with Crippen LogP contribution in [-0.4, -0.2) is 44.1 Å². The van der Waals surface area contributed by atoms with Crippen LogP contribution in [-0.2, 0) is 17.9 Å². The van der Waals surface area contributed by atoms with Gasteiger partial charge in [-0.15, -0.1) is 10.2 Å². The Kier molecular flexibility index (Phi) is 4.85. The first-order chi connectivity index (χ1) is 11.2. The number of carbonyl (C=O) groups is 1. The number of aromatic nitrogens is 4. The van der Waals surface area contributed by atoms with Gasteiger partial charge < -0.3 is 9.64 Å². The van der Waals surface area contributed by atoms with Crippen LogP contribution in [0.15, 0.2) is 30.3 Å². The average Bonchev–Trinajstić information content (AvgIpc) is 3.01. The normalized spacial score (nSPS) is 18.0. The molecule has 0 bridgehead atoms. The first-order valence-corrected chi connectivity index (χ1v) is 7.93. The third-order valence-corrected chi connectivity index (χ3v) is 3.89. The molecule has 0 unspecified atom stereocenters. The molecule has 2 aromatic rings. The van der Waals surface area contributed by atoms with E-state index in [9.17, 15) is 4.79 Å². The molecule has 23 heavy (non-hydrogen) atoms. The number of tetrazole rings is 1. The summed E-state index contributed by atoms with van der Waals surface area (Å²) in [7, 11) is 0. The minimum Gasteiger partial charge on any atom is -0.485 e. The summed E-state index contributed by atoms with van der Waals surface area (Å²) in [5.41, 5.74) is 0. The number of ether oxygens (including phenoxy) is 1. The first-order valence-electron chi connectivity index (χ1n) is 7.93. The van der Waals surface area contributed by atoms with Crippen LogP contribution in [0.1, 0.15) is 25.6 Å². The van der Waals surface area contributed by atoms with Crippen molar-refractivity contribution in [3.8, 4) is 5.75 Å². The van der Waals surface area contributed by atoms with Crippen LogP contribution in [0.25, 0.3) is 0 Å². The van der Waals surface area contributed by atoms with Gasteiger partial charge in [0.25, 0.3) is 0 Å². The Morgan fingerprint density at radius 1 is 1.35 bits per heavy atom. The van der Waals surface area contributed by atoms with Crippen LogP contribution in [0, 0.1) is 5.92 Å². The number of hydrogen-bond acceptors (Lipinski definition) is 5. The quantitative estimate of drug-likeness (QED) is 0.836. The second kappa shape index (κ2) is 7.21. The number of benzene rings is 1. The van der Waals surface area contributed by atoms with Gasteiger partial charge in [-0.3, -0.25) is 4.79 Å². The molecule has 1 aromatic carbocycles. The fourth-order valence-corrected chi connectivity index (χ4v) is 2.70. The molecule has 7 heteroatoms. The topological polar surface area (TPSA) is 73.1 Å². The summed E-state index contributed by atoms with van der Waals surface area (Å²) in [6.07, 6.45) is 2.25. The minimum absolute atomic E-state index is 0.0458. The molecule has 1 fully saturated rings. The summed E-state index contributed by atoms with van der Waals surface area (Å²) in [6, 6.07) is 9.46. The fourth-order valence-electron chi connectivity index (χ4n) is 2.70. The molecular weight excluding hydrogens is 294 g/mol. The van der Waals surface area contributed by atoms with E-state index >= 15 is 0 Å². The number of carbonyl (C=O) groups excluding carboxylic acids is 1. The molecule has 1 aliphatic heterocycles. The number of nitrogens with zero attached hydrogens (tertiary/aromatic N) is 5. The van der Waals surface area contributed by atoms with Crippen LogP contribution in [0.4, 0.5) is 0 Å². The second-order valence-corrected chi connectivity index (χ2v) is 5.92. The van der Waals surface area contributed by atoms with E-state index in [4.69, 9.17) is 4.74 Å². The molecule has 1 aromatic heterocycles. The van der Waals surface area contributed by atoms with Crippen LogP contribution in [0.2, 0.25) is 0 Å². The molecule has 0 saturated carbocycles. The van der Waals surface area contributed by atoms with E-state index in [1.165, 1.54) is 11.2 Å². The Bertz CT molecular complexity index is 643. The monoisotopic (exact) mass is 315 g/mol. The Morgan fingerprint density at radius 3 is 2.96 bits per heavy atom. The molecule has 1 atom stereocenters. The molecule has 1 saturated heterocycles. The minimum atomic E-state index is 0.0458. The SMILES string of the molecule is C[C@H]1CCCN(C(=O)Cn2nnc(COc3ccccc3)n2)C1. The summed E-state index contributed by atoms with van der Waals surface area (Å²) in [5.74, 6) is 1.83. The first kappa shape index (κ1) is 15.5. The maximum Gasteiger partial charge on any atom is 0.246 e. The van der Waals surface area contributed by atoms with Crippen molar-refractivity contribution in [2.45, 2.75) is 32.9 Å². The van der Waals surface area contributed by atoms with Crippen molar-refractivity contribution >= 4 is 5.91 Å². The van der Waals surface area contributed by atoms with Crippen molar-refractivity contribution < 1.29 is 9.53 Å². The lowest BCUT2D eigenvalue weighted by Crippen LogP contribution is -2.41. The van der Waals surface area contributed by atoms with E-state index < -0.39 is 0 Å². The third-order valence-electron chi connectivity index (χ3n) is 3.89. The van der Waals surface area contributed by atoms with E-state index in [0.29, 0.717) is 11.7 Å². The third kappa shape index (κ3) is 4.28. The highest BCUT2D eigenvalue weighted by atomic mass is 16.5. The Hall–Kier alpha value is -2.44. The zero-order valence-corrected chi connectivity index (χ0v) is 13.3. The van der Waals surface area contributed by atoms with Gasteiger partial charge in [0.15, 0.2) is 6.61 Å². The predicted molar refractivity (Wildman–Crippen MR) is 83.6 cm³/mol. The number of likely N-dealkylation sites (tertiary alicyclic amines) is 1. The molecule has 0 spiro atoms. The van der Waals surface area contributed by atoms with Gasteiger partial charge in [0.1, 0.15) is 12.3 Å². The van der Waals surface area contributed by atoms with Crippen molar-refractivity contribution in [1.82, 2.24) is 25.1 Å². The molecule has 7 nitrogen and oxygen atoms in total. The van der Waals surface area contributed by atoms with Crippen molar-refractivity contribution in [3.63, 3.8) is 0 Å². The molecular formula is C16H21N5O2. The van der Waals surface area contributed by atoms with E-state index in [1.54, 1.807) is 0 Å². The lowest BCUT2D eigenvalue weighted by molar-refractivity contribution is -0.134. The smallest absolute Gasteiger partial charge is 0.246 e. The van der Waals surface area contributed by atoms with Crippen LogP contribution in [0.5, 0.6) is 5.75 Å². The van der Waals surface area contributed by atoms with Crippen molar-refractivity contribution in [2.24, 2.45) is 5.92 Å². The maximum absolute atomic E-state index is 12.3. The highest BCUT2D eigenvalue weighted by Gasteiger charge is 2.21. The van der Waals surface area contributed by atoms with E-state index in [2.05, 4.69) is 22.3 Å². The number of rotatable bonds is 5. The molecule has 3 rings (SSSR count). The van der Waals surface area contributed by atoms with E-state index in [0.717, 1.165) is 25.3 Å². The zero-order valence-electron chi connectivity index (χ0n) is 13.3. The Labute approximate surface area is 135 Å². The number of para-hydroxylation sites is 1. The van der Waals surface area contributed by atoms with Crippen LogP contribution in [0.3, 0.4) is 0 Å². The van der Waals surface area contributed by atoms with E-state index in [-0.39, 0.29) is 19.1 Å². The molecule has 2 heterocycles. The maximum atomic E-state index is 12.3. The molecule has 122 valence electrons. The molecule has 1 amide bonds. The van der Waals surface area contributed by atoms with Crippen LogP contribution < -0.4 is 4.74 Å². The molecule has 0 N–H and O–H groups in total. The second-order valence-electron chi connectivity index (χ2n) is 5.92. The Balaban J connectivity index is 1.51. The van der Waals surface area contributed by atoms with Gasteiger partial charge in [0.05, 0.1) is 0 Å². The number of amides is 1. The summed E-state index contributed by atoms with van der Waals surface area (Å²) in [5, 5.41) is 12.1. The van der Waals surface area contributed by atoms with Gasteiger partial charge in [-0.2, -0.15) is 4.80 Å². The lowest BCUT2D eigenvalue weighted by atomic mass is 10.0. The van der Waals surface area contributed by atoms with Gasteiger partial charge in [-0.05, 0) is 36.1 Å².